The topological polar surface area (TPSA) is 46.2 Å². The summed E-state index contributed by atoms with van der Waals surface area (Å²) in [6.45, 7) is 5.78. The van der Waals surface area contributed by atoms with Crippen LogP contribution in [0.15, 0.2) is 12.7 Å². The molecule has 0 spiro atoms. The van der Waals surface area contributed by atoms with Crippen LogP contribution in [0.2, 0.25) is 0 Å². The standard InChI is InChI=1S/C11H17NO2/c1-3-5-6-7-11(4-2)8-9(13)12-10(11)14/h4H,2-3,5-8H2,1H3,(H,12,13,14). The van der Waals surface area contributed by atoms with Gasteiger partial charge in [0.2, 0.25) is 11.8 Å². The van der Waals surface area contributed by atoms with Gasteiger partial charge in [-0.05, 0) is 6.42 Å². The van der Waals surface area contributed by atoms with E-state index in [9.17, 15) is 9.59 Å². The van der Waals surface area contributed by atoms with E-state index in [1.54, 1.807) is 6.08 Å². The van der Waals surface area contributed by atoms with Crippen LogP contribution in [0.5, 0.6) is 0 Å². The van der Waals surface area contributed by atoms with Gasteiger partial charge in [0.05, 0.1) is 5.41 Å². The number of amides is 2. The molecule has 0 aromatic rings. The Labute approximate surface area is 84.6 Å². The van der Waals surface area contributed by atoms with Crippen molar-refractivity contribution in [3.8, 4) is 0 Å². The van der Waals surface area contributed by atoms with Gasteiger partial charge in [0.1, 0.15) is 0 Å². The van der Waals surface area contributed by atoms with E-state index in [0.29, 0.717) is 0 Å². The molecule has 0 bridgehead atoms. The summed E-state index contributed by atoms with van der Waals surface area (Å²) >= 11 is 0. The highest BCUT2D eigenvalue weighted by atomic mass is 16.2. The number of carbonyl (C=O) groups is 2. The molecule has 1 atom stereocenters. The number of unbranched alkanes of at least 4 members (excludes halogenated alkanes) is 2. The molecule has 0 radical (unpaired) electrons. The third kappa shape index (κ3) is 2.03. The molecule has 1 heterocycles. The van der Waals surface area contributed by atoms with E-state index in [1.807, 2.05) is 0 Å². The minimum absolute atomic E-state index is 0.173. The minimum atomic E-state index is -0.619. The van der Waals surface area contributed by atoms with Crippen molar-refractivity contribution < 1.29 is 9.59 Å². The van der Waals surface area contributed by atoms with Crippen molar-refractivity contribution in [1.29, 1.82) is 0 Å². The van der Waals surface area contributed by atoms with E-state index in [-0.39, 0.29) is 18.2 Å². The molecular formula is C11H17NO2. The van der Waals surface area contributed by atoms with E-state index >= 15 is 0 Å². The van der Waals surface area contributed by atoms with E-state index in [4.69, 9.17) is 0 Å². The van der Waals surface area contributed by atoms with Crippen molar-refractivity contribution in [3.63, 3.8) is 0 Å². The molecule has 1 fully saturated rings. The van der Waals surface area contributed by atoms with Gasteiger partial charge in [0.15, 0.2) is 0 Å². The highest BCUT2D eigenvalue weighted by molar-refractivity contribution is 6.06. The molecule has 1 saturated heterocycles. The zero-order valence-electron chi connectivity index (χ0n) is 8.64. The monoisotopic (exact) mass is 195 g/mol. The predicted molar refractivity (Wildman–Crippen MR) is 54.5 cm³/mol. The molecule has 1 unspecified atom stereocenters. The van der Waals surface area contributed by atoms with Gasteiger partial charge in [-0.25, -0.2) is 0 Å². The summed E-state index contributed by atoms with van der Waals surface area (Å²) in [6, 6.07) is 0. The summed E-state index contributed by atoms with van der Waals surface area (Å²) in [7, 11) is 0. The first-order valence-electron chi connectivity index (χ1n) is 5.12. The van der Waals surface area contributed by atoms with Crippen LogP contribution in [0, 0.1) is 5.41 Å². The van der Waals surface area contributed by atoms with E-state index in [0.717, 1.165) is 25.7 Å². The Kier molecular flexibility index (Phi) is 3.44. The molecule has 1 N–H and O–H groups in total. The summed E-state index contributed by atoms with van der Waals surface area (Å²) in [5.74, 6) is -0.347. The molecule has 0 saturated carbocycles. The highest BCUT2D eigenvalue weighted by Crippen LogP contribution is 2.34. The Bertz CT molecular complexity index is 260. The third-order valence-electron chi connectivity index (χ3n) is 2.80. The lowest BCUT2D eigenvalue weighted by Gasteiger charge is -2.19. The molecule has 2 amide bonds. The normalized spacial score (nSPS) is 26.4. The van der Waals surface area contributed by atoms with Crippen LogP contribution in [0.3, 0.4) is 0 Å². The first-order chi connectivity index (χ1) is 6.64. The second-order valence-corrected chi connectivity index (χ2v) is 3.87. The van der Waals surface area contributed by atoms with Gasteiger partial charge in [-0.2, -0.15) is 0 Å². The molecule has 0 aromatic carbocycles. The summed E-state index contributed by atoms with van der Waals surface area (Å²) in [5.41, 5.74) is -0.619. The Balaban J connectivity index is 2.62. The van der Waals surface area contributed by atoms with Crippen molar-refractivity contribution in [2.24, 2.45) is 5.41 Å². The molecule has 78 valence electrons. The van der Waals surface area contributed by atoms with Gasteiger partial charge in [-0.3, -0.25) is 14.9 Å². The van der Waals surface area contributed by atoms with Crippen molar-refractivity contribution >= 4 is 11.8 Å². The SMILES string of the molecule is C=CC1(CCCCC)CC(=O)NC1=O. The zero-order valence-corrected chi connectivity index (χ0v) is 8.64. The first-order valence-corrected chi connectivity index (χ1v) is 5.12. The molecule has 1 aliphatic rings. The fraction of sp³-hybridized carbons (Fsp3) is 0.636. The van der Waals surface area contributed by atoms with Gasteiger partial charge in [0, 0.05) is 6.42 Å². The quantitative estimate of drug-likeness (QED) is 0.413. The van der Waals surface area contributed by atoms with Gasteiger partial charge in [-0.15, -0.1) is 6.58 Å². The first kappa shape index (κ1) is 11.0. The molecule has 3 nitrogen and oxygen atoms in total. The number of carbonyl (C=O) groups excluding carboxylic acids is 2. The van der Waals surface area contributed by atoms with Crippen LogP contribution in [-0.4, -0.2) is 11.8 Å². The molecule has 0 aliphatic carbocycles. The van der Waals surface area contributed by atoms with Crippen molar-refractivity contribution in [3.05, 3.63) is 12.7 Å². The summed E-state index contributed by atoms with van der Waals surface area (Å²) < 4.78 is 0. The summed E-state index contributed by atoms with van der Waals surface area (Å²) in [4.78, 5) is 22.6. The van der Waals surface area contributed by atoms with E-state index < -0.39 is 5.41 Å². The lowest BCUT2D eigenvalue weighted by molar-refractivity contribution is -0.127. The molecular weight excluding hydrogens is 178 g/mol. The Morgan fingerprint density at radius 1 is 1.50 bits per heavy atom. The zero-order chi connectivity index (χ0) is 10.6. The number of imide groups is 1. The van der Waals surface area contributed by atoms with Crippen LogP contribution in [0.4, 0.5) is 0 Å². The molecule has 3 heteroatoms. The average molecular weight is 195 g/mol. The number of hydrogen-bond acceptors (Lipinski definition) is 2. The maximum atomic E-state index is 11.5. The number of hydrogen-bond donors (Lipinski definition) is 1. The Morgan fingerprint density at radius 3 is 2.64 bits per heavy atom. The number of nitrogens with one attached hydrogen (secondary N) is 1. The van der Waals surface area contributed by atoms with Crippen LogP contribution in [-0.2, 0) is 9.59 Å². The van der Waals surface area contributed by atoms with E-state index in [2.05, 4.69) is 18.8 Å². The average Bonchev–Trinajstić information content (AvgIpc) is 2.43. The third-order valence-corrected chi connectivity index (χ3v) is 2.80. The van der Waals surface area contributed by atoms with Gasteiger partial charge in [-0.1, -0.05) is 32.3 Å². The number of rotatable bonds is 5. The highest BCUT2D eigenvalue weighted by Gasteiger charge is 2.43. The molecule has 1 rings (SSSR count). The Hall–Kier alpha value is -1.12. The fourth-order valence-corrected chi connectivity index (χ4v) is 1.82. The second kappa shape index (κ2) is 4.40. The van der Waals surface area contributed by atoms with Crippen molar-refractivity contribution in [2.75, 3.05) is 0 Å². The van der Waals surface area contributed by atoms with Gasteiger partial charge in [0.25, 0.3) is 0 Å². The minimum Gasteiger partial charge on any atom is -0.296 e. The maximum Gasteiger partial charge on any atom is 0.237 e. The fourth-order valence-electron chi connectivity index (χ4n) is 1.82. The molecule has 1 aliphatic heterocycles. The summed E-state index contributed by atoms with van der Waals surface area (Å²) in [6.07, 6.45) is 5.83. The van der Waals surface area contributed by atoms with Crippen molar-refractivity contribution in [1.82, 2.24) is 5.32 Å². The van der Waals surface area contributed by atoms with Crippen LogP contribution >= 0.6 is 0 Å². The second-order valence-electron chi connectivity index (χ2n) is 3.87. The maximum absolute atomic E-state index is 11.5. The van der Waals surface area contributed by atoms with Crippen molar-refractivity contribution in [2.45, 2.75) is 39.0 Å². The van der Waals surface area contributed by atoms with Crippen LogP contribution < -0.4 is 5.32 Å². The Morgan fingerprint density at radius 2 is 2.21 bits per heavy atom. The molecule has 14 heavy (non-hydrogen) atoms. The van der Waals surface area contributed by atoms with Crippen LogP contribution in [0.25, 0.3) is 0 Å². The predicted octanol–water partition coefficient (Wildman–Crippen LogP) is 1.79. The van der Waals surface area contributed by atoms with E-state index in [1.165, 1.54) is 0 Å². The lowest BCUT2D eigenvalue weighted by Crippen LogP contribution is -2.29. The van der Waals surface area contributed by atoms with Gasteiger partial charge < -0.3 is 0 Å². The summed E-state index contributed by atoms with van der Waals surface area (Å²) in [5, 5.41) is 2.34. The smallest absolute Gasteiger partial charge is 0.237 e. The van der Waals surface area contributed by atoms with Gasteiger partial charge >= 0.3 is 0 Å². The molecule has 0 aromatic heterocycles. The van der Waals surface area contributed by atoms with Crippen LogP contribution in [0.1, 0.15) is 39.0 Å². The largest absolute Gasteiger partial charge is 0.296 e. The lowest BCUT2D eigenvalue weighted by atomic mass is 9.81.